The molecule has 0 saturated heterocycles. The highest BCUT2D eigenvalue weighted by Gasteiger charge is 2.16. The molecule has 0 spiro atoms. The first-order chi connectivity index (χ1) is 7.19. The lowest BCUT2D eigenvalue weighted by atomic mass is 10.2. The zero-order valence-electron chi connectivity index (χ0n) is 9.14. The molecule has 1 unspecified atom stereocenters. The summed E-state index contributed by atoms with van der Waals surface area (Å²) in [6.07, 6.45) is 2.17. The largest absolute Gasteiger partial charge is 0.465 e. The highest BCUT2D eigenvalue weighted by molar-refractivity contribution is 5.75. The molecule has 5 nitrogen and oxygen atoms in total. The highest BCUT2D eigenvalue weighted by Crippen LogP contribution is 2.03. The summed E-state index contributed by atoms with van der Waals surface area (Å²) in [5.41, 5.74) is 6.66. The van der Waals surface area contributed by atoms with Gasteiger partial charge in [0.1, 0.15) is 6.04 Å². The molecule has 1 aromatic heterocycles. The Kier molecular flexibility index (Phi) is 4.30. The Labute approximate surface area is 89.2 Å². The summed E-state index contributed by atoms with van der Waals surface area (Å²) in [5.74, 6) is -0.360. The third kappa shape index (κ3) is 3.06. The Morgan fingerprint density at radius 1 is 1.67 bits per heavy atom. The quantitative estimate of drug-likeness (QED) is 0.713. The Bertz CT molecular complexity index is 322. The van der Waals surface area contributed by atoms with Crippen LogP contribution in [0, 0.1) is 0 Å². The molecule has 1 rings (SSSR count). The van der Waals surface area contributed by atoms with E-state index in [1.54, 1.807) is 13.1 Å². The van der Waals surface area contributed by atoms with Gasteiger partial charge in [-0.1, -0.05) is 0 Å². The Balaban J connectivity index is 2.57. The second kappa shape index (κ2) is 5.50. The number of carbonyl (C=O) groups is 1. The van der Waals surface area contributed by atoms with E-state index in [4.69, 9.17) is 10.5 Å². The lowest BCUT2D eigenvalue weighted by molar-refractivity contribution is -0.144. The Morgan fingerprint density at radius 2 is 2.40 bits per heavy atom. The van der Waals surface area contributed by atoms with E-state index in [1.807, 2.05) is 17.7 Å². The van der Waals surface area contributed by atoms with Crippen molar-refractivity contribution >= 4 is 5.97 Å². The number of rotatable bonds is 5. The van der Waals surface area contributed by atoms with Crippen molar-refractivity contribution in [2.75, 3.05) is 6.61 Å². The van der Waals surface area contributed by atoms with Crippen LogP contribution in [0.2, 0.25) is 0 Å². The summed E-state index contributed by atoms with van der Waals surface area (Å²) in [5, 5.41) is 4.10. The molecule has 0 aromatic carbocycles. The summed E-state index contributed by atoms with van der Waals surface area (Å²) in [4.78, 5) is 11.3. The van der Waals surface area contributed by atoms with Crippen molar-refractivity contribution < 1.29 is 9.53 Å². The van der Waals surface area contributed by atoms with Crippen LogP contribution in [0.4, 0.5) is 0 Å². The summed E-state index contributed by atoms with van der Waals surface area (Å²) in [7, 11) is 0. The predicted octanol–water partition coefficient (Wildman–Crippen LogP) is 0.336. The van der Waals surface area contributed by atoms with Gasteiger partial charge >= 0.3 is 5.97 Å². The lowest BCUT2D eigenvalue weighted by Gasteiger charge is -2.11. The average Bonchev–Trinajstić information content (AvgIpc) is 2.65. The van der Waals surface area contributed by atoms with Gasteiger partial charge in [-0.25, -0.2) is 0 Å². The average molecular weight is 211 g/mol. The molecule has 0 radical (unpaired) electrons. The monoisotopic (exact) mass is 211 g/mol. The molecule has 5 heteroatoms. The van der Waals surface area contributed by atoms with Gasteiger partial charge in [0.15, 0.2) is 0 Å². The van der Waals surface area contributed by atoms with Gasteiger partial charge in [0.25, 0.3) is 0 Å². The number of carbonyl (C=O) groups excluding carboxylic acids is 1. The van der Waals surface area contributed by atoms with Crippen LogP contribution in [0.15, 0.2) is 12.3 Å². The van der Waals surface area contributed by atoms with E-state index in [0.29, 0.717) is 13.0 Å². The van der Waals surface area contributed by atoms with Gasteiger partial charge in [0.2, 0.25) is 0 Å². The van der Waals surface area contributed by atoms with Crippen molar-refractivity contribution in [3.63, 3.8) is 0 Å². The van der Waals surface area contributed by atoms with E-state index in [0.717, 1.165) is 12.2 Å². The second-order valence-corrected chi connectivity index (χ2v) is 3.20. The van der Waals surface area contributed by atoms with E-state index < -0.39 is 6.04 Å². The number of nitrogens with two attached hydrogens (primary N) is 1. The Hall–Kier alpha value is -1.36. The molecule has 0 saturated carbocycles. The number of hydrogen-bond acceptors (Lipinski definition) is 4. The smallest absolute Gasteiger partial charge is 0.323 e. The van der Waals surface area contributed by atoms with Crippen LogP contribution in [-0.2, 0) is 22.5 Å². The molecule has 84 valence electrons. The number of ether oxygens (including phenoxy) is 1. The fourth-order valence-corrected chi connectivity index (χ4v) is 1.38. The van der Waals surface area contributed by atoms with Gasteiger partial charge in [-0.05, 0) is 19.9 Å². The zero-order chi connectivity index (χ0) is 11.3. The number of nitrogens with zero attached hydrogens (tertiary/aromatic N) is 2. The van der Waals surface area contributed by atoms with Gasteiger partial charge in [0.05, 0.1) is 6.61 Å². The van der Waals surface area contributed by atoms with Crippen LogP contribution >= 0.6 is 0 Å². The van der Waals surface area contributed by atoms with E-state index in [9.17, 15) is 4.79 Å². The van der Waals surface area contributed by atoms with Crippen molar-refractivity contribution in [2.45, 2.75) is 32.9 Å². The molecule has 0 aliphatic rings. The maximum absolute atomic E-state index is 11.3. The molecule has 0 amide bonds. The molecule has 0 fully saturated rings. The second-order valence-electron chi connectivity index (χ2n) is 3.20. The van der Waals surface area contributed by atoms with Crippen LogP contribution in [0.3, 0.4) is 0 Å². The molecule has 1 atom stereocenters. The third-order valence-corrected chi connectivity index (χ3v) is 2.12. The lowest BCUT2D eigenvalue weighted by Crippen LogP contribution is -2.35. The number of aryl methyl sites for hydroxylation is 1. The van der Waals surface area contributed by atoms with E-state index in [1.165, 1.54) is 0 Å². The molecule has 0 bridgehead atoms. The maximum Gasteiger partial charge on any atom is 0.323 e. The SMILES string of the molecule is CCOC(=O)C(N)Cc1ccnn1CC. The first kappa shape index (κ1) is 11.7. The van der Waals surface area contributed by atoms with Crippen LogP contribution < -0.4 is 5.73 Å². The zero-order valence-corrected chi connectivity index (χ0v) is 9.14. The van der Waals surface area contributed by atoms with Gasteiger partial charge in [0, 0.05) is 24.9 Å². The predicted molar refractivity (Wildman–Crippen MR) is 56.2 cm³/mol. The molecular weight excluding hydrogens is 194 g/mol. The molecule has 1 heterocycles. The molecule has 0 aliphatic heterocycles. The van der Waals surface area contributed by atoms with Crippen LogP contribution in [0.1, 0.15) is 19.5 Å². The van der Waals surface area contributed by atoms with E-state index >= 15 is 0 Å². The first-order valence-corrected chi connectivity index (χ1v) is 5.11. The fraction of sp³-hybridized carbons (Fsp3) is 0.600. The summed E-state index contributed by atoms with van der Waals surface area (Å²) < 4.78 is 6.65. The molecular formula is C10H17N3O2. The summed E-state index contributed by atoms with van der Waals surface area (Å²) >= 11 is 0. The third-order valence-electron chi connectivity index (χ3n) is 2.12. The van der Waals surface area contributed by atoms with Gasteiger partial charge < -0.3 is 10.5 Å². The minimum atomic E-state index is -0.605. The van der Waals surface area contributed by atoms with Crippen molar-refractivity contribution in [3.05, 3.63) is 18.0 Å². The maximum atomic E-state index is 11.3. The van der Waals surface area contributed by atoms with Gasteiger partial charge in [-0.2, -0.15) is 5.10 Å². The number of hydrogen-bond donors (Lipinski definition) is 1. The fourth-order valence-electron chi connectivity index (χ4n) is 1.38. The molecule has 15 heavy (non-hydrogen) atoms. The minimum Gasteiger partial charge on any atom is -0.465 e. The van der Waals surface area contributed by atoms with Crippen LogP contribution in [0.5, 0.6) is 0 Å². The van der Waals surface area contributed by atoms with Crippen molar-refractivity contribution in [1.82, 2.24) is 9.78 Å². The van der Waals surface area contributed by atoms with Crippen molar-refractivity contribution in [1.29, 1.82) is 0 Å². The molecule has 2 N–H and O–H groups in total. The van der Waals surface area contributed by atoms with Crippen LogP contribution in [-0.4, -0.2) is 28.4 Å². The van der Waals surface area contributed by atoms with Gasteiger partial charge in [-0.3, -0.25) is 9.48 Å². The standard InChI is InChI=1S/C10H17N3O2/c1-3-13-8(5-6-12-13)7-9(11)10(14)15-4-2/h5-6,9H,3-4,7,11H2,1-2H3. The Morgan fingerprint density at radius 3 is 3.00 bits per heavy atom. The molecule has 0 aliphatic carbocycles. The van der Waals surface area contributed by atoms with Crippen LogP contribution in [0.25, 0.3) is 0 Å². The topological polar surface area (TPSA) is 70.1 Å². The van der Waals surface area contributed by atoms with E-state index in [-0.39, 0.29) is 5.97 Å². The minimum absolute atomic E-state index is 0.360. The summed E-state index contributed by atoms with van der Waals surface area (Å²) in [6, 6.07) is 1.26. The number of esters is 1. The van der Waals surface area contributed by atoms with Gasteiger partial charge in [-0.15, -0.1) is 0 Å². The van der Waals surface area contributed by atoms with Crippen molar-refractivity contribution in [3.8, 4) is 0 Å². The molecule has 1 aromatic rings. The van der Waals surface area contributed by atoms with E-state index in [2.05, 4.69) is 5.10 Å². The highest BCUT2D eigenvalue weighted by atomic mass is 16.5. The summed E-state index contributed by atoms with van der Waals surface area (Å²) in [6.45, 7) is 4.89. The van der Waals surface area contributed by atoms with Crippen molar-refractivity contribution in [2.24, 2.45) is 5.73 Å². The first-order valence-electron chi connectivity index (χ1n) is 5.11. The number of aromatic nitrogens is 2. The normalized spacial score (nSPS) is 12.5.